The van der Waals surface area contributed by atoms with Crippen molar-refractivity contribution in [3.63, 3.8) is 0 Å². The first-order valence-electron chi connectivity index (χ1n) is 5.64. The van der Waals surface area contributed by atoms with Crippen LogP contribution in [0.5, 0.6) is 0 Å². The second-order valence-electron chi connectivity index (χ2n) is 4.51. The summed E-state index contributed by atoms with van der Waals surface area (Å²) in [5.41, 5.74) is 2.28. The van der Waals surface area contributed by atoms with Gasteiger partial charge in [-0.05, 0) is 19.9 Å². The fourth-order valence-corrected chi connectivity index (χ4v) is 2.81. The molecule has 1 atom stereocenters. The number of rotatable bonds is 0. The smallest absolute Gasteiger partial charge is 0.192 e. The Bertz CT molecular complexity index is 721. The molecule has 0 radical (unpaired) electrons. The number of nitrogens with zero attached hydrogens (tertiary/aromatic N) is 1. The van der Waals surface area contributed by atoms with Gasteiger partial charge in [0.25, 0.3) is 0 Å². The van der Waals surface area contributed by atoms with Crippen LogP contribution >= 0.6 is 23.2 Å². The number of pyridine rings is 1. The molecule has 1 aromatic heterocycles. The van der Waals surface area contributed by atoms with Crippen molar-refractivity contribution in [2.45, 2.75) is 26.7 Å². The van der Waals surface area contributed by atoms with Crippen molar-refractivity contribution < 1.29 is 4.74 Å². The molecule has 0 fully saturated rings. The fourth-order valence-electron chi connectivity index (χ4n) is 2.38. The van der Waals surface area contributed by atoms with Gasteiger partial charge in [-0.2, -0.15) is 0 Å². The zero-order valence-corrected chi connectivity index (χ0v) is 11.5. The number of hydrogen-bond donors (Lipinski definition) is 0. The molecule has 3 rings (SSSR count). The molecule has 1 aromatic carbocycles. The van der Waals surface area contributed by atoms with Gasteiger partial charge in [0.2, 0.25) is 0 Å². The fraction of sp³-hybridized carbons (Fsp3) is 0.308. The van der Waals surface area contributed by atoms with E-state index < -0.39 is 0 Å². The van der Waals surface area contributed by atoms with Crippen LogP contribution < -0.4 is 5.43 Å². The van der Waals surface area contributed by atoms with Crippen LogP contribution in [0.4, 0.5) is 0 Å². The normalized spacial score (nSPS) is 18.3. The highest BCUT2D eigenvalue weighted by Gasteiger charge is 2.23. The Hall–Kier alpha value is -1.03. The highest BCUT2D eigenvalue weighted by molar-refractivity contribution is 6.43. The predicted molar refractivity (Wildman–Crippen MR) is 72.5 cm³/mol. The number of aryl methyl sites for hydroxylation is 1. The number of hydrogen-bond acceptors (Lipinski definition) is 2. The third-order valence-electron chi connectivity index (χ3n) is 3.34. The average molecular weight is 284 g/mol. The molecule has 0 amide bonds. The third kappa shape index (κ3) is 1.51. The molecule has 94 valence electrons. The summed E-state index contributed by atoms with van der Waals surface area (Å²) in [6, 6.07) is 1.65. The second kappa shape index (κ2) is 3.98. The lowest BCUT2D eigenvalue weighted by Crippen LogP contribution is -2.22. The van der Waals surface area contributed by atoms with Gasteiger partial charge >= 0.3 is 0 Å². The Balaban J connectivity index is 2.60. The van der Waals surface area contributed by atoms with Crippen LogP contribution in [0.2, 0.25) is 10.0 Å². The summed E-state index contributed by atoms with van der Waals surface area (Å²) in [4.78, 5) is 12.2. The van der Waals surface area contributed by atoms with Crippen molar-refractivity contribution in [1.29, 1.82) is 0 Å². The summed E-state index contributed by atoms with van der Waals surface area (Å²) in [6.07, 6.45) is 1.69. The van der Waals surface area contributed by atoms with Crippen molar-refractivity contribution in [1.82, 2.24) is 4.57 Å². The molecule has 0 N–H and O–H groups in total. The third-order valence-corrected chi connectivity index (χ3v) is 4.17. The average Bonchev–Trinajstić information content (AvgIpc) is 2.34. The molecule has 2 aromatic rings. The van der Waals surface area contributed by atoms with Gasteiger partial charge in [-0.15, -0.1) is 0 Å². The van der Waals surface area contributed by atoms with Gasteiger partial charge in [0.05, 0.1) is 22.2 Å². The maximum Gasteiger partial charge on any atom is 0.192 e. The van der Waals surface area contributed by atoms with E-state index in [0.29, 0.717) is 27.6 Å². The van der Waals surface area contributed by atoms with Crippen molar-refractivity contribution in [2.24, 2.45) is 0 Å². The first kappa shape index (κ1) is 12.0. The Morgan fingerprint density at radius 1 is 1.44 bits per heavy atom. The van der Waals surface area contributed by atoms with E-state index in [1.807, 2.05) is 17.7 Å². The first-order valence-corrected chi connectivity index (χ1v) is 6.40. The van der Waals surface area contributed by atoms with Crippen LogP contribution in [0.1, 0.15) is 24.3 Å². The van der Waals surface area contributed by atoms with Crippen LogP contribution in [0.3, 0.4) is 0 Å². The summed E-state index contributed by atoms with van der Waals surface area (Å²) < 4.78 is 7.58. The summed E-state index contributed by atoms with van der Waals surface area (Å²) in [7, 11) is 0. The molecule has 2 heterocycles. The van der Waals surface area contributed by atoms with Crippen molar-refractivity contribution in [3.05, 3.63) is 43.7 Å². The monoisotopic (exact) mass is 283 g/mol. The van der Waals surface area contributed by atoms with Crippen LogP contribution in [-0.4, -0.2) is 4.57 Å². The van der Waals surface area contributed by atoms with Gasteiger partial charge in [-0.1, -0.05) is 23.2 Å². The lowest BCUT2D eigenvalue weighted by Gasteiger charge is -2.27. The standard InChI is InChI=1S/C13H11Cl2NO2/c1-6-4-16-7(2)18-5-9-11(15)10(14)3-8(12(9)16)13(6)17/h3-4,7H,5H2,1-2H3. The molecule has 0 saturated heterocycles. The molecule has 1 aliphatic rings. The van der Waals surface area contributed by atoms with Crippen LogP contribution in [0.25, 0.3) is 10.9 Å². The molecule has 0 aliphatic carbocycles. The van der Waals surface area contributed by atoms with Crippen LogP contribution in [0, 0.1) is 6.92 Å². The lowest BCUT2D eigenvalue weighted by atomic mass is 10.1. The molecule has 3 nitrogen and oxygen atoms in total. The minimum atomic E-state index is -0.114. The first-order chi connectivity index (χ1) is 8.50. The molecule has 0 bridgehead atoms. The quantitative estimate of drug-likeness (QED) is 0.739. The van der Waals surface area contributed by atoms with Gasteiger partial charge in [-0.25, -0.2) is 0 Å². The SMILES string of the molecule is Cc1cn2c3c(c(Cl)c(Cl)cc3c1=O)COC2C. The van der Waals surface area contributed by atoms with E-state index in [4.69, 9.17) is 27.9 Å². The molecule has 0 spiro atoms. The molecule has 1 unspecified atom stereocenters. The van der Waals surface area contributed by atoms with E-state index in [1.165, 1.54) is 0 Å². The number of ether oxygens (including phenoxy) is 1. The Morgan fingerprint density at radius 3 is 2.89 bits per heavy atom. The van der Waals surface area contributed by atoms with E-state index in [9.17, 15) is 4.79 Å². The zero-order valence-electron chi connectivity index (χ0n) is 9.96. The molecule has 1 aliphatic heterocycles. The van der Waals surface area contributed by atoms with E-state index in [-0.39, 0.29) is 11.7 Å². The molecule has 0 saturated carbocycles. The molecule has 5 heteroatoms. The summed E-state index contributed by atoms with van der Waals surface area (Å²) in [6.45, 7) is 4.10. The predicted octanol–water partition coefficient (Wildman–Crippen LogP) is 3.67. The zero-order chi connectivity index (χ0) is 13.0. The minimum Gasteiger partial charge on any atom is -0.354 e. The maximum atomic E-state index is 12.2. The lowest BCUT2D eigenvalue weighted by molar-refractivity contribution is -0.00177. The van der Waals surface area contributed by atoms with Crippen molar-refractivity contribution >= 4 is 34.1 Å². The maximum absolute atomic E-state index is 12.2. The Kier molecular flexibility index (Phi) is 2.66. The van der Waals surface area contributed by atoms with Crippen LogP contribution in [0.15, 0.2) is 17.1 Å². The highest BCUT2D eigenvalue weighted by Crippen LogP contribution is 2.36. The molecular weight excluding hydrogens is 273 g/mol. The number of halogens is 2. The van der Waals surface area contributed by atoms with Gasteiger partial charge < -0.3 is 9.30 Å². The summed E-state index contributed by atoms with van der Waals surface area (Å²) in [5.74, 6) is 0. The Morgan fingerprint density at radius 2 is 2.17 bits per heavy atom. The number of aromatic nitrogens is 1. The van der Waals surface area contributed by atoms with Gasteiger partial charge in [0.1, 0.15) is 6.23 Å². The largest absolute Gasteiger partial charge is 0.354 e. The van der Waals surface area contributed by atoms with Gasteiger partial charge in [0.15, 0.2) is 5.43 Å². The summed E-state index contributed by atoms with van der Waals surface area (Å²) in [5, 5.41) is 1.47. The second-order valence-corrected chi connectivity index (χ2v) is 5.29. The minimum absolute atomic E-state index is 0.00448. The number of benzene rings is 1. The van der Waals surface area contributed by atoms with Gasteiger partial charge in [-0.3, -0.25) is 4.79 Å². The van der Waals surface area contributed by atoms with Gasteiger partial charge in [0, 0.05) is 22.7 Å². The van der Waals surface area contributed by atoms with E-state index in [2.05, 4.69) is 0 Å². The van der Waals surface area contributed by atoms with E-state index in [1.54, 1.807) is 13.0 Å². The van der Waals surface area contributed by atoms with Crippen molar-refractivity contribution in [2.75, 3.05) is 0 Å². The topological polar surface area (TPSA) is 31.2 Å². The van der Waals surface area contributed by atoms with E-state index in [0.717, 1.165) is 11.1 Å². The van der Waals surface area contributed by atoms with Crippen LogP contribution in [-0.2, 0) is 11.3 Å². The molecular formula is C13H11Cl2NO2. The summed E-state index contributed by atoms with van der Waals surface area (Å²) >= 11 is 12.3. The Labute approximate surface area is 114 Å². The molecule has 18 heavy (non-hydrogen) atoms. The highest BCUT2D eigenvalue weighted by atomic mass is 35.5. The van der Waals surface area contributed by atoms with E-state index >= 15 is 0 Å². The van der Waals surface area contributed by atoms with Crippen molar-refractivity contribution in [3.8, 4) is 0 Å².